The van der Waals surface area contributed by atoms with Crippen LogP contribution in [0.5, 0.6) is 0 Å². The number of nitrogens with zero attached hydrogens (tertiary/aromatic N) is 4. The zero-order valence-corrected chi connectivity index (χ0v) is 10.6. The van der Waals surface area contributed by atoms with E-state index >= 15 is 0 Å². The summed E-state index contributed by atoms with van der Waals surface area (Å²) in [7, 11) is 0. The molecule has 2 aromatic heterocycles. The minimum Gasteiger partial charge on any atom is -0.234 e. The molecule has 0 aliphatic carbocycles. The van der Waals surface area contributed by atoms with E-state index < -0.39 is 0 Å². The molecule has 4 nitrogen and oxygen atoms in total. The molecule has 0 spiro atoms. The summed E-state index contributed by atoms with van der Waals surface area (Å²) >= 11 is 0. The smallest absolute Gasteiger partial charge is 0.180 e. The van der Waals surface area contributed by atoms with Gasteiger partial charge in [0.2, 0.25) is 0 Å². The number of benzene rings is 2. The predicted molar refractivity (Wildman–Crippen MR) is 78.1 cm³/mol. The maximum Gasteiger partial charge on any atom is 0.180 e. The lowest BCUT2D eigenvalue weighted by Gasteiger charge is -2.02. The number of para-hydroxylation sites is 1. The van der Waals surface area contributed by atoms with Gasteiger partial charge in [-0.25, -0.2) is 9.97 Å². The molecule has 0 aliphatic heterocycles. The van der Waals surface area contributed by atoms with Crippen LogP contribution in [0.1, 0.15) is 0 Å². The van der Waals surface area contributed by atoms with Crippen LogP contribution < -0.4 is 0 Å². The van der Waals surface area contributed by atoms with Crippen molar-refractivity contribution in [2.24, 2.45) is 0 Å². The maximum atomic E-state index is 4.54. The molecule has 4 rings (SSSR count). The van der Waals surface area contributed by atoms with E-state index in [1.165, 1.54) is 0 Å². The van der Waals surface area contributed by atoms with E-state index in [1.807, 2.05) is 60.8 Å². The SMILES string of the molecule is c1ccc2nnc(-c3ncc4ccccc4n3)cc2c1. The molecule has 2 aromatic carbocycles. The summed E-state index contributed by atoms with van der Waals surface area (Å²) in [5.41, 5.74) is 2.47. The first-order valence-electron chi connectivity index (χ1n) is 6.35. The fourth-order valence-electron chi connectivity index (χ4n) is 2.19. The maximum absolute atomic E-state index is 4.54. The first-order valence-corrected chi connectivity index (χ1v) is 6.35. The second-order valence-electron chi connectivity index (χ2n) is 4.54. The Bertz CT molecular complexity index is 841. The zero-order valence-electron chi connectivity index (χ0n) is 10.6. The van der Waals surface area contributed by atoms with Crippen molar-refractivity contribution in [1.82, 2.24) is 20.2 Å². The third kappa shape index (κ3) is 1.78. The molecule has 2 heterocycles. The highest BCUT2D eigenvalue weighted by atomic mass is 15.1. The van der Waals surface area contributed by atoms with Crippen molar-refractivity contribution in [3.05, 3.63) is 60.8 Å². The van der Waals surface area contributed by atoms with Gasteiger partial charge in [-0.1, -0.05) is 36.4 Å². The Labute approximate surface area is 115 Å². The Kier molecular flexibility index (Phi) is 2.39. The molecule has 0 radical (unpaired) electrons. The number of aromatic nitrogens is 4. The molecule has 0 aliphatic rings. The first-order chi connectivity index (χ1) is 9.90. The highest BCUT2D eigenvalue weighted by molar-refractivity contribution is 5.82. The molecule has 0 saturated carbocycles. The van der Waals surface area contributed by atoms with Gasteiger partial charge in [0.15, 0.2) is 5.82 Å². The summed E-state index contributed by atoms with van der Waals surface area (Å²) in [5, 5.41) is 10.5. The van der Waals surface area contributed by atoms with Gasteiger partial charge in [0.05, 0.1) is 11.0 Å². The Hall–Kier alpha value is -2.88. The van der Waals surface area contributed by atoms with Crippen molar-refractivity contribution in [2.45, 2.75) is 0 Å². The van der Waals surface area contributed by atoms with Crippen molar-refractivity contribution < 1.29 is 0 Å². The van der Waals surface area contributed by atoms with E-state index in [4.69, 9.17) is 0 Å². The van der Waals surface area contributed by atoms with Crippen LogP contribution in [-0.4, -0.2) is 20.2 Å². The molecule has 4 aromatic rings. The summed E-state index contributed by atoms with van der Waals surface area (Å²) in [4.78, 5) is 8.91. The van der Waals surface area contributed by atoms with Crippen LogP contribution in [0, 0.1) is 0 Å². The molecule has 0 atom stereocenters. The van der Waals surface area contributed by atoms with Gasteiger partial charge in [-0.05, 0) is 18.2 Å². The largest absolute Gasteiger partial charge is 0.234 e. The van der Waals surface area contributed by atoms with E-state index in [9.17, 15) is 0 Å². The monoisotopic (exact) mass is 258 g/mol. The van der Waals surface area contributed by atoms with Gasteiger partial charge in [-0.3, -0.25) is 0 Å². The number of hydrogen-bond acceptors (Lipinski definition) is 4. The van der Waals surface area contributed by atoms with Gasteiger partial charge in [0, 0.05) is 17.0 Å². The molecule has 94 valence electrons. The predicted octanol–water partition coefficient (Wildman–Crippen LogP) is 3.24. The molecule has 0 saturated heterocycles. The van der Waals surface area contributed by atoms with Crippen LogP contribution >= 0.6 is 0 Å². The molecule has 0 unspecified atom stereocenters. The van der Waals surface area contributed by atoms with Crippen molar-refractivity contribution >= 4 is 21.8 Å². The Morgan fingerprint density at radius 2 is 1.45 bits per heavy atom. The Morgan fingerprint density at radius 3 is 2.35 bits per heavy atom. The van der Waals surface area contributed by atoms with Crippen LogP contribution in [0.4, 0.5) is 0 Å². The lowest BCUT2D eigenvalue weighted by atomic mass is 10.2. The van der Waals surface area contributed by atoms with Gasteiger partial charge in [0.1, 0.15) is 5.69 Å². The second kappa shape index (κ2) is 4.35. The Balaban J connectivity index is 1.91. The van der Waals surface area contributed by atoms with E-state index in [2.05, 4.69) is 20.2 Å². The fourth-order valence-corrected chi connectivity index (χ4v) is 2.19. The Morgan fingerprint density at radius 1 is 0.700 bits per heavy atom. The molecule has 4 heteroatoms. The van der Waals surface area contributed by atoms with Crippen molar-refractivity contribution in [3.63, 3.8) is 0 Å². The van der Waals surface area contributed by atoms with Crippen LogP contribution in [-0.2, 0) is 0 Å². The van der Waals surface area contributed by atoms with E-state index in [0.29, 0.717) is 11.5 Å². The summed E-state index contributed by atoms with van der Waals surface area (Å²) < 4.78 is 0. The zero-order chi connectivity index (χ0) is 13.4. The van der Waals surface area contributed by atoms with Gasteiger partial charge in [-0.2, -0.15) is 0 Å². The number of hydrogen-bond donors (Lipinski definition) is 0. The minimum absolute atomic E-state index is 0.599. The summed E-state index contributed by atoms with van der Waals surface area (Å²) in [6.07, 6.45) is 1.81. The highest BCUT2D eigenvalue weighted by Crippen LogP contribution is 2.19. The van der Waals surface area contributed by atoms with Crippen molar-refractivity contribution in [3.8, 4) is 11.5 Å². The van der Waals surface area contributed by atoms with Gasteiger partial charge in [0.25, 0.3) is 0 Å². The molecule has 0 amide bonds. The van der Waals surface area contributed by atoms with Gasteiger partial charge in [-0.15, -0.1) is 10.2 Å². The third-order valence-corrected chi connectivity index (χ3v) is 3.21. The van der Waals surface area contributed by atoms with Gasteiger partial charge < -0.3 is 0 Å². The van der Waals surface area contributed by atoms with Gasteiger partial charge >= 0.3 is 0 Å². The quantitative estimate of drug-likeness (QED) is 0.526. The van der Waals surface area contributed by atoms with Crippen molar-refractivity contribution in [2.75, 3.05) is 0 Å². The number of fused-ring (bicyclic) bond motifs is 2. The fraction of sp³-hybridized carbons (Fsp3) is 0. The van der Waals surface area contributed by atoms with Crippen molar-refractivity contribution in [1.29, 1.82) is 0 Å². The first kappa shape index (κ1) is 11.0. The topological polar surface area (TPSA) is 51.6 Å². The molecule has 0 bridgehead atoms. The molecule has 20 heavy (non-hydrogen) atoms. The minimum atomic E-state index is 0.599. The molecule has 0 fully saturated rings. The van der Waals surface area contributed by atoms with E-state index in [1.54, 1.807) is 0 Å². The lowest BCUT2D eigenvalue weighted by molar-refractivity contribution is 1.05. The normalized spacial score (nSPS) is 11.0. The molecule has 0 N–H and O–H groups in total. The lowest BCUT2D eigenvalue weighted by Crippen LogP contribution is -1.94. The summed E-state index contributed by atoms with van der Waals surface area (Å²) in [5.74, 6) is 0.599. The summed E-state index contributed by atoms with van der Waals surface area (Å²) in [6.45, 7) is 0. The van der Waals surface area contributed by atoms with E-state index in [0.717, 1.165) is 21.8 Å². The summed E-state index contributed by atoms with van der Waals surface area (Å²) in [6, 6.07) is 17.7. The van der Waals surface area contributed by atoms with Crippen LogP contribution in [0.3, 0.4) is 0 Å². The van der Waals surface area contributed by atoms with Crippen LogP contribution in [0.2, 0.25) is 0 Å². The highest BCUT2D eigenvalue weighted by Gasteiger charge is 2.06. The van der Waals surface area contributed by atoms with Crippen LogP contribution in [0.15, 0.2) is 60.8 Å². The molecular weight excluding hydrogens is 248 g/mol. The second-order valence-corrected chi connectivity index (χ2v) is 4.54. The standard InChI is InChI=1S/C16H10N4/c1-4-8-14-11(5-1)9-15(20-19-14)16-17-10-12-6-2-3-7-13(12)18-16/h1-10H. The molecular formula is C16H10N4. The third-order valence-electron chi connectivity index (χ3n) is 3.21. The van der Waals surface area contributed by atoms with Crippen LogP contribution in [0.25, 0.3) is 33.3 Å². The van der Waals surface area contributed by atoms with E-state index in [-0.39, 0.29) is 0 Å². The average Bonchev–Trinajstić information content (AvgIpc) is 2.54. The average molecular weight is 258 g/mol. The number of rotatable bonds is 1.